The second kappa shape index (κ2) is 8.81. The van der Waals surface area contributed by atoms with Gasteiger partial charge >= 0.3 is 0 Å². The van der Waals surface area contributed by atoms with Gasteiger partial charge in [-0.3, -0.25) is 9.69 Å². The molecule has 2 rings (SSSR count). The van der Waals surface area contributed by atoms with Crippen molar-refractivity contribution in [2.45, 2.75) is 30.2 Å². The van der Waals surface area contributed by atoms with Crippen LogP contribution in [0.2, 0.25) is 5.02 Å². The molecule has 1 aliphatic heterocycles. The van der Waals surface area contributed by atoms with Crippen LogP contribution in [-0.4, -0.2) is 63.9 Å². The maximum Gasteiger partial charge on any atom is 0.242 e. The molecule has 1 heterocycles. The Bertz CT molecular complexity index is 727. The van der Waals surface area contributed by atoms with Crippen molar-refractivity contribution in [2.75, 3.05) is 33.7 Å². The number of benzene rings is 1. The quantitative estimate of drug-likeness (QED) is 0.645. The molecule has 0 spiro atoms. The van der Waals surface area contributed by atoms with Crippen LogP contribution in [0.15, 0.2) is 27.6 Å². The first kappa shape index (κ1) is 20.6. The van der Waals surface area contributed by atoms with Gasteiger partial charge in [-0.1, -0.05) is 27.5 Å². The van der Waals surface area contributed by atoms with E-state index in [2.05, 4.69) is 25.6 Å². The Balaban J connectivity index is 1.87. The standard InChI is InChI=1S/C16H23BrClN3O3S/c1-20(2)16(22)14-5-3-9-21(14)10-4-8-19-25(23,24)15-7-6-12(17)11-13(15)18/h6-7,11,14,19H,3-5,8-10H2,1-2H3. The molecule has 9 heteroatoms. The predicted octanol–water partition coefficient (Wildman–Crippen LogP) is 2.32. The van der Waals surface area contributed by atoms with Crippen LogP contribution in [0.25, 0.3) is 0 Å². The van der Waals surface area contributed by atoms with Gasteiger partial charge in [-0.2, -0.15) is 0 Å². The van der Waals surface area contributed by atoms with Gasteiger partial charge in [0.1, 0.15) is 4.90 Å². The lowest BCUT2D eigenvalue weighted by atomic mass is 10.2. The summed E-state index contributed by atoms with van der Waals surface area (Å²) in [5.41, 5.74) is 0. The number of likely N-dealkylation sites (N-methyl/N-ethyl adjacent to an activating group) is 1. The summed E-state index contributed by atoms with van der Waals surface area (Å²) in [5, 5.41) is 0.179. The lowest BCUT2D eigenvalue weighted by Gasteiger charge is -2.26. The Morgan fingerprint density at radius 2 is 2.16 bits per heavy atom. The van der Waals surface area contributed by atoms with E-state index in [4.69, 9.17) is 11.6 Å². The highest BCUT2D eigenvalue weighted by Crippen LogP contribution is 2.25. The average Bonchev–Trinajstić information content (AvgIpc) is 2.98. The zero-order chi connectivity index (χ0) is 18.6. The number of hydrogen-bond acceptors (Lipinski definition) is 4. The molecule has 1 aliphatic rings. The first-order valence-corrected chi connectivity index (χ1v) is 10.8. The van der Waals surface area contributed by atoms with E-state index in [-0.39, 0.29) is 21.9 Å². The first-order chi connectivity index (χ1) is 11.7. The third kappa shape index (κ3) is 5.40. The number of likely N-dealkylation sites (tertiary alicyclic amines) is 1. The third-order valence-corrected chi connectivity index (χ3v) is 6.62. The molecule has 1 aromatic carbocycles. The Morgan fingerprint density at radius 1 is 1.44 bits per heavy atom. The van der Waals surface area contributed by atoms with Gasteiger partial charge in [0.05, 0.1) is 11.1 Å². The molecule has 6 nitrogen and oxygen atoms in total. The zero-order valence-electron chi connectivity index (χ0n) is 14.3. The van der Waals surface area contributed by atoms with Gasteiger partial charge in [-0.25, -0.2) is 13.1 Å². The van der Waals surface area contributed by atoms with Crippen LogP contribution >= 0.6 is 27.5 Å². The third-order valence-electron chi connectivity index (χ3n) is 4.19. The van der Waals surface area contributed by atoms with E-state index in [0.717, 1.165) is 23.9 Å². The molecule has 1 unspecified atom stereocenters. The molecule has 0 bridgehead atoms. The average molecular weight is 453 g/mol. The van der Waals surface area contributed by atoms with Crippen LogP contribution in [0.3, 0.4) is 0 Å². The van der Waals surface area contributed by atoms with Crippen LogP contribution in [0.5, 0.6) is 0 Å². The minimum atomic E-state index is -3.64. The highest BCUT2D eigenvalue weighted by Gasteiger charge is 2.31. The molecular weight excluding hydrogens is 430 g/mol. The molecule has 1 saturated heterocycles. The molecule has 0 aliphatic carbocycles. The Labute approximate surface area is 162 Å². The largest absolute Gasteiger partial charge is 0.347 e. The van der Waals surface area contributed by atoms with Crippen molar-refractivity contribution in [3.63, 3.8) is 0 Å². The molecule has 0 radical (unpaired) electrons. The summed E-state index contributed by atoms with van der Waals surface area (Å²) in [6.07, 6.45) is 2.48. The van der Waals surface area contributed by atoms with Crippen LogP contribution in [0, 0.1) is 0 Å². The summed E-state index contributed by atoms with van der Waals surface area (Å²) in [6, 6.07) is 4.58. The van der Waals surface area contributed by atoms with E-state index in [1.165, 1.54) is 6.07 Å². The van der Waals surface area contributed by atoms with Crippen molar-refractivity contribution in [3.05, 3.63) is 27.7 Å². The maximum atomic E-state index is 12.3. The van der Waals surface area contributed by atoms with Crippen LogP contribution in [-0.2, 0) is 14.8 Å². The van der Waals surface area contributed by atoms with Crippen LogP contribution in [0.4, 0.5) is 0 Å². The predicted molar refractivity (Wildman–Crippen MR) is 102 cm³/mol. The van der Waals surface area contributed by atoms with E-state index in [1.807, 2.05) is 0 Å². The lowest BCUT2D eigenvalue weighted by molar-refractivity contribution is -0.133. The summed E-state index contributed by atoms with van der Waals surface area (Å²) in [6.45, 7) is 1.85. The molecule has 0 saturated carbocycles. The van der Waals surface area contributed by atoms with Gasteiger partial charge in [-0.05, 0) is 44.0 Å². The maximum absolute atomic E-state index is 12.3. The number of sulfonamides is 1. The van der Waals surface area contributed by atoms with Crippen molar-refractivity contribution in [3.8, 4) is 0 Å². The second-order valence-corrected chi connectivity index (χ2v) is 9.31. The summed E-state index contributed by atoms with van der Waals surface area (Å²) in [5.74, 6) is 0.111. The number of nitrogens with zero attached hydrogens (tertiary/aromatic N) is 2. The second-order valence-electron chi connectivity index (χ2n) is 6.25. The van der Waals surface area contributed by atoms with E-state index < -0.39 is 10.0 Å². The molecular formula is C16H23BrClN3O3S. The molecule has 0 aromatic heterocycles. The SMILES string of the molecule is CN(C)C(=O)C1CCCN1CCCNS(=O)(=O)c1ccc(Br)cc1Cl. The van der Waals surface area contributed by atoms with Crippen molar-refractivity contribution >= 4 is 43.5 Å². The minimum Gasteiger partial charge on any atom is -0.347 e. The molecule has 1 atom stereocenters. The molecule has 1 N–H and O–H groups in total. The van der Waals surface area contributed by atoms with Crippen molar-refractivity contribution in [2.24, 2.45) is 0 Å². The Hall–Kier alpha value is -0.670. The molecule has 140 valence electrons. The lowest BCUT2D eigenvalue weighted by Crippen LogP contribution is -2.43. The fourth-order valence-electron chi connectivity index (χ4n) is 2.93. The van der Waals surface area contributed by atoms with Crippen LogP contribution < -0.4 is 4.72 Å². The summed E-state index contributed by atoms with van der Waals surface area (Å²) < 4.78 is 28.0. The summed E-state index contributed by atoms with van der Waals surface area (Å²) in [7, 11) is -0.126. The monoisotopic (exact) mass is 451 g/mol. The number of nitrogens with one attached hydrogen (secondary N) is 1. The number of hydrogen-bond donors (Lipinski definition) is 1. The summed E-state index contributed by atoms with van der Waals surface area (Å²) in [4.78, 5) is 16.0. The van der Waals surface area contributed by atoms with E-state index in [1.54, 1.807) is 31.1 Å². The smallest absolute Gasteiger partial charge is 0.242 e. The van der Waals surface area contributed by atoms with Gasteiger partial charge in [0, 0.05) is 31.7 Å². The molecule has 25 heavy (non-hydrogen) atoms. The topological polar surface area (TPSA) is 69.7 Å². The zero-order valence-corrected chi connectivity index (χ0v) is 17.5. The Morgan fingerprint density at radius 3 is 2.80 bits per heavy atom. The van der Waals surface area contributed by atoms with Crippen molar-refractivity contribution in [1.29, 1.82) is 0 Å². The molecule has 1 fully saturated rings. The minimum absolute atomic E-state index is 0.0687. The van der Waals surface area contributed by atoms with Crippen molar-refractivity contribution < 1.29 is 13.2 Å². The number of halogens is 2. The van der Waals surface area contributed by atoms with Crippen LogP contribution in [0.1, 0.15) is 19.3 Å². The molecule has 1 amide bonds. The van der Waals surface area contributed by atoms with Gasteiger partial charge in [0.2, 0.25) is 15.9 Å². The van der Waals surface area contributed by atoms with E-state index in [9.17, 15) is 13.2 Å². The normalized spacial score (nSPS) is 18.5. The highest BCUT2D eigenvalue weighted by atomic mass is 79.9. The van der Waals surface area contributed by atoms with Gasteiger partial charge in [0.15, 0.2) is 0 Å². The van der Waals surface area contributed by atoms with Gasteiger partial charge < -0.3 is 4.90 Å². The molecule has 1 aromatic rings. The van der Waals surface area contributed by atoms with Gasteiger partial charge in [0.25, 0.3) is 0 Å². The Kier molecular flexibility index (Phi) is 7.28. The number of amides is 1. The van der Waals surface area contributed by atoms with Crippen molar-refractivity contribution in [1.82, 2.24) is 14.5 Å². The fraction of sp³-hybridized carbons (Fsp3) is 0.562. The summed E-state index contributed by atoms with van der Waals surface area (Å²) >= 11 is 9.27. The first-order valence-electron chi connectivity index (χ1n) is 8.12. The fourth-order valence-corrected chi connectivity index (χ4v) is 5.04. The van der Waals surface area contributed by atoms with Gasteiger partial charge in [-0.15, -0.1) is 0 Å². The van der Waals surface area contributed by atoms with E-state index in [0.29, 0.717) is 19.5 Å². The van der Waals surface area contributed by atoms with E-state index >= 15 is 0 Å². The number of rotatable bonds is 7. The highest BCUT2D eigenvalue weighted by molar-refractivity contribution is 9.10. The number of carbonyl (C=O) groups is 1. The number of carbonyl (C=O) groups excluding carboxylic acids is 1.